The lowest BCUT2D eigenvalue weighted by Crippen LogP contribution is -2.17. The normalized spacial score (nSPS) is 33.3. The molecule has 1 rings (SSSR count). The zero-order valence-electron chi connectivity index (χ0n) is 6.29. The maximum Gasteiger partial charge on any atom is 0.102 e. The van der Waals surface area contributed by atoms with E-state index in [1.165, 1.54) is 0 Å². The molecule has 1 aliphatic heterocycles. The lowest BCUT2D eigenvalue weighted by atomic mass is 9.92. The largest absolute Gasteiger partial charge is 0.498 e. The van der Waals surface area contributed by atoms with Crippen molar-refractivity contribution in [1.82, 2.24) is 0 Å². The Morgan fingerprint density at radius 3 is 2.33 bits per heavy atom. The quantitative estimate of drug-likeness (QED) is 0.523. The van der Waals surface area contributed by atoms with Gasteiger partial charge in [-0.25, -0.2) is 0 Å². The maximum atomic E-state index is 5.25. The van der Waals surface area contributed by atoms with Gasteiger partial charge in [-0.3, -0.25) is 0 Å². The monoisotopic (exact) mass is 126 g/mol. The van der Waals surface area contributed by atoms with Gasteiger partial charge in [0.2, 0.25) is 0 Å². The van der Waals surface area contributed by atoms with E-state index in [9.17, 15) is 0 Å². The summed E-state index contributed by atoms with van der Waals surface area (Å²) in [5.41, 5.74) is 0. The van der Waals surface area contributed by atoms with Crippen LogP contribution in [0.15, 0.2) is 12.3 Å². The Labute approximate surface area is 56.7 Å². The summed E-state index contributed by atoms with van der Waals surface area (Å²) in [7, 11) is 0. The first-order valence-corrected chi connectivity index (χ1v) is 3.54. The van der Waals surface area contributed by atoms with E-state index in [0.717, 1.165) is 0 Å². The lowest BCUT2D eigenvalue weighted by molar-refractivity contribution is 0.133. The van der Waals surface area contributed by atoms with Crippen molar-refractivity contribution in [1.29, 1.82) is 0 Å². The lowest BCUT2D eigenvalue weighted by Gasteiger charge is -2.16. The molecule has 0 spiro atoms. The van der Waals surface area contributed by atoms with E-state index in [4.69, 9.17) is 4.74 Å². The Morgan fingerprint density at radius 2 is 2.11 bits per heavy atom. The third kappa shape index (κ3) is 1.26. The summed E-state index contributed by atoms with van der Waals surface area (Å²) in [6.45, 7) is 6.56. The molecule has 1 unspecified atom stereocenters. The molecular weight excluding hydrogens is 112 g/mol. The number of ether oxygens (including phenoxy) is 1. The van der Waals surface area contributed by atoms with E-state index < -0.39 is 0 Å². The Hall–Kier alpha value is -0.460. The highest BCUT2D eigenvalue weighted by Gasteiger charge is 2.22. The van der Waals surface area contributed by atoms with Crippen LogP contribution in [0, 0.1) is 11.8 Å². The van der Waals surface area contributed by atoms with Crippen LogP contribution in [0.2, 0.25) is 0 Å². The predicted octanol–water partition coefficient (Wildman–Crippen LogP) is 2.19. The Morgan fingerprint density at radius 1 is 1.44 bits per heavy atom. The molecule has 1 heterocycles. The van der Waals surface area contributed by atoms with Crippen LogP contribution in [-0.4, -0.2) is 6.10 Å². The average Bonchev–Trinajstić information content (AvgIpc) is 2.13. The molecule has 1 aliphatic rings. The smallest absolute Gasteiger partial charge is 0.102 e. The van der Waals surface area contributed by atoms with E-state index in [0.29, 0.717) is 17.9 Å². The van der Waals surface area contributed by atoms with Crippen molar-refractivity contribution < 1.29 is 4.74 Å². The Bertz CT molecular complexity index is 116. The summed E-state index contributed by atoms with van der Waals surface area (Å²) in [6, 6.07) is 0. The van der Waals surface area contributed by atoms with E-state index in [1.807, 2.05) is 6.26 Å². The van der Waals surface area contributed by atoms with Crippen LogP contribution in [0.3, 0.4) is 0 Å². The van der Waals surface area contributed by atoms with Crippen molar-refractivity contribution in [3.63, 3.8) is 0 Å². The number of hydrogen-bond acceptors (Lipinski definition) is 1. The van der Waals surface area contributed by atoms with Crippen molar-refractivity contribution in [3.8, 4) is 0 Å². The van der Waals surface area contributed by atoms with Gasteiger partial charge in [-0.2, -0.15) is 0 Å². The number of rotatable bonds is 1. The molecule has 0 aromatic carbocycles. The SMILES string of the molecule is CC(C)C1C=CO[C@H]1C. The summed E-state index contributed by atoms with van der Waals surface area (Å²) in [4.78, 5) is 0. The van der Waals surface area contributed by atoms with Crippen molar-refractivity contribution in [2.75, 3.05) is 0 Å². The molecule has 2 atom stereocenters. The minimum absolute atomic E-state index is 0.394. The second kappa shape index (κ2) is 2.42. The second-order valence-corrected chi connectivity index (χ2v) is 2.99. The highest BCUT2D eigenvalue weighted by atomic mass is 16.5. The minimum atomic E-state index is 0.394. The molecule has 52 valence electrons. The van der Waals surface area contributed by atoms with Gasteiger partial charge in [0.15, 0.2) is 0 Å². The van der Waals surface area contributed by atoms with E-state index >= 15 is 0 Å². The molecule has 0 aromatic rings. The topological polar surface area (TPSA) is 9.23 Å². The van der Waals surface area contributed by atoms with Crippen LogP contribution < -0.4 is 0 Å². The highest BCUT2D eigenvalue weighted by Crippen LogP contribution is 2.24. The Kier molecular flexibility index (Phi) is 1.79. The molecule has 0 saturated carbocycles. The summed E-state index contributed by atoms with van der Waals surface area (Å²) in [5.74, 6) is 1.34. The summed E-state index contributed by atoms with van der Waals surface area (Å²) in [5, 5.41) is 0. The fraction of sp³-hybridized carbons (Fsp3) is 0.750. The molecule has 1 nitrogen and oxygen atoms in total. The molecule has 9 heavy (non-hydrogen) atoms. The average molecular weight is 126 g/mol. The zero-order valence-corrected chi connectivity index (χ0v) is 6.29. The molecule has 0 amide bonds. The van der Waals surface area contributed by atoms with Gasteiger partial charge in [-0.1, -0.05) is 13.8 Å². The van der Waals surface area contributed by atoms with Crippen LogP contribution in [0.1, 0.15) is 20.8 Å². The van der Waals surface area contributed by atoms with Crippen LogP contribution in [-0.2, 0) is 4.74 Å². The first-order valence-electron chi connectivity index (χ1n) is 3.54. The number of hydrogen-bond donors (Lipinski definition) is 0. The fourth-order valence-corrected chi connectivity index (χ4v) is 1.27. The molecule has 0 fully saturated rings. The molecule has 0 bridgehead atoms. The van der Waals surface area contributed by atoms with E-state index in [1.54, 1.807) is 0 Å². The first kappa shape index (κ1) is 6.66. The first-order chi connectivity index (χ1) is 4.22. The third-order valence-corrected chi connectivity index (χ3v) is 1.91. The summed E-state index contributed by atoms with van der Waals surface area (Å²) < 4.78 is 5.25. The van der Waals surface area contributed by atoms with Gasteiger partial charge >= 0.3 is 0 Å². The summed E-state index contributed by atoms with van der Waals surface area (Å²) >= 11 is 0. The molecule has 1 heteroatoms. The van der Waals surface area contributed by atoms with Gasteiger partial charge in [-0.05, 0) is 18.9 Å². The minimum Gasteiger partial charge on any atom is -0.498 e. The van der Waals surface area contributed by atoms with Crippen LogP contribution in [0.25, 0.3) is 0 Å². The van der Waals surface area contributed by atoms with Gasteiger partial charge in [0.1, 0.15) is 6.10 Å². The molecule has 0 N–H and O–H groups in total. The standard InChI is InChI=1S/C8H14O/c1-6(2)8-4-5-9-7(8)3/h4-8H,1-3H3/t7-,8?/m0/s1. The molecule has 0 aliphatic carbocycles. The molecule has 0 radical (unpaired) electrons. The van der Waals surface area contributed by atoms with Crippen molar-refractivity contribution in [2.24, 2.45) is 11.8 Å². The van der Waals surface area contributed by atoms with E-state index in [-0.39, 0.29) is 0 Å². The van der Waals surface area contributed by atoms with Crippen LogP contribution >= 0.6 is 0 Å². The van der Waals surface area contributed by atoms with Crippen LogP contribution in [0.4, 0.5) is 0 Å². The Balaban J connectivity index is 2.49. The van der Waals surface area contributed by atoms with Crippen LogP contribution in [0.5, 0.6) is 0 Å². The van der Waals surface area contributed by atoms with Gasteiger partial charge in [0, 0.05) is 5.92 Å². The zero-order chi connectivity index (χ0) is 6.85. The summed E-state index contributed by atoms with van der Waals surface area (Å²) in [6.07, 6.45) is 4.36. The third-order valence-electron chi connectivity index (χ3n) is 1.91. The predicted molar refractivity (Wildman–Crippen MR) is 38.0 cm³/mol. The van der Waals surface area contributed by atoms with Crippen molar-refractivity contribution >= 4 is 0 Å². The van der Waals surface area contributed by atoms with Crippen molar-refractivity contribution in [3.05, 3.63) is 12.3 Å². The van der Waals surface area contributed by atoms with Gasteiger partial charge in [0.25, 0.3) is 0 Å². The fourth-order valence-electron chi connectivity index (χ4n) is 1.27. The van der Waals surface area contributed by atoms with Gasteiger partial charge in [-0.15, -0.1) is 0 Å². The maximum absolute atomic E-state index is 5.25. The van der Waals surface area contributed by atoms with Gasteiger partial charge in [0.05, 0.1) is 6.26 Å². The second-order valence-electron chi connectivity index (χ2n) is 2.99. The van der Waals surface area contributed by atoms with Gasteiger partial charge < -0.3 is 4.74 Å². The molecule has 0 saturated heterocycles. The highest BCUT2D eigenvalue weighted by molar-refractivity contribution is 4.95. The van der Waals surface area contributed by atoms with E-state index in [2.05, 4.69) is 26.8 Å². The van der Waals surface area contributed by atoms with Crippen molar-refractivity contribution in [2.45, 2.75) is 26.9 Å². The molecule has 0 aromatic heterocycles. The molecular formula is C8H14O.